The molecule has 6 nitrogen and oxygen atoms in total. The molecule has 0 spiro atoms. The fraction of sp³-hybridized carbons (Fsp3) is 0.105. The number of fused-ring (bicyclic) bond motifs is 1. The normalized spacial score (nSPS) is 12.2. The van der Waals surface area contributed by atoms with Crippen molar-refractivity contribution in [2.24, 2.45) is 0 Å². The lowest BCUT2D eigenvalue weighted by molar-refractivity contribution is 0.0938. The molecule has 1 unspecified atom stereocenters. The molecular formula is C19H17N5O. The van der Waals surface area contributed by atoms with E-state index in [1.807, 2.05) is 55.6 Å². The maximum Gasteiger partial charge on any atom is 0.251 e. The molecule has 2 aromatic carbocycles. The standard InChI is InChI=1S/C19H17N5O/c1-13(18-22-16-5-2-3-6-17(16)23-18)21-19(25)14-7-9-15(10-8-14)24-12-4-11-20-24/h2-13H,1H3,(H,21,25)(H,22,23). The van der Waals surface area contributed by atoms with E-state index in [4.69, 9.17) is 0 Å². The highest BCUT2D eigenvalue weighted by Gasteiger charge is 2.14. The fourth-order valence-electron chi connectivity index (χ4n) is 2.71. The molecular weight excluding hydrogens is 314 g/mol. The second kappa shape index (κ2) is 6.24. The highest BCUT2D eigenvalue weighted by atomic mass is 16.1. The van der Waals surface area contributed by atoms with Gasteiger partial charge >= 0.3 is 0 Å². The van der Waals surface area contributed by atoms with Crippen molar-refractivity contribution in [1.29, 1.82) is 0 Å². The molecule has 6 heteroatoms. The first kappa shape index (κ1) is 15.1. The third-order valence-corrected chi connectivity index (χ3v) is 4.06. The molecule has 124 valence electrons. The first-order valence-electron chi connectivity index (χ1n) is 8.06. The first-order chi connectivity index (χ1) is 12.2. The van der Waals surface area contributed by atoms with Crippen LogP contribution < -0.4 is 5.32 Å². The molecule has 0 aliphatic carbocycles. The van der Waals surface area contributed by atoms with Crippen LogP contribution in [0.25, 0.3) is 16.7 Å². The smallest absolute Gasteiger partial charge is 0.251 e. The number of benzene rings is 2. The summed E-state index contributed by atoms with van der Waals surface area (Å²) in [4.78, 5) is 20.2. The van der Waals surface area contributed by atoms with Crippen LogP contribution in [-0.4, -0.2) is 25.7 Å². The van der Waals surface area contributed by atoms with Crippen LogP contribution in [0.2, 0.25) is 0 Å². The van der Waals surface area contributed by atoms with Crippen LogP contribution in [0.4, 0.5) is 0 Å². The van der Waals surface area contributed by atoms with Crippen LogP contribution >= 0.6 is 0 Å². The number of nitrogens with zero attached hydrogens (tertiary/aromatic N) is 3. The molecule has 4 aromatic rings. The van der Waals surface area contributed by atoms with Gasteiger partial charge in [0, 0.05) is 18.0 Å². The van der Waals surface area contributed by atoms with Crippen LogP contribution in [0.5, 0.6) is 0 Å². The van der Waals surface area contributed by atoms with Gasteiger partial charge in [0.15, 0.2) is 0 Å². The van der Waals surface area contributed by atoms with Gasteiger partial charge in [-0.2, -0.15) is 5.10 Å². The van der Waals surface area contributed by atoms with Crippen molar-refractivity contribution in [3.63, 3.8) is 0 Å². The second-order valence-corrected chi connectivity index (χ2v) is 5.83. The maximum absolute atomic E-state index is 12.5. The number of rotatable bonds is 4. The predicted octanol–water partition coefficient (Wildman–Crippen LogP) is 3.24. The molecule has 0 radical (unpaired) electrons. The summed E-state index contributed by atoms with van der Waals surface area (Å²) in [6.07, 6.45) is 3.58. The molecule has 0 saturated carbocycles. The third kappa shape index (κ3) is 3.01. The van der Waals surface area contributed by atoms with Crippen LogP contribution in [0.3, 0.4) is 0 Å². The highest BCUT2D eigenvalue weighted by Crippen LogP contribution is 2.16. The average Bonchev–Trinajstić information content (AvgIpc) is 3.31. The van der Waals surface area contributed by atoms with Crippen molar-refractivity contribution in [3.8, 4) is 5.69 Å². The van der Waals surface area contributed by atoms with Crippen molar-refractivity contribution in [2.75, 3.05) is 0 Å². The zero-order chi connectivity index (χ0) is 17.2. The van der Waals surface area contributed by atoms with Crippen LogP contribution in [-0.2, 0) is 0 Å². The van der Waals surface area contributed by atoms with Crippen molar-refractivity contribution in [2.45, 2.75) is 13.0 Å². The van der Waals surface area contributed by atoms with E-state index in [9.17, 15) is 4.79 Å². The van der Waals surface area contributed by atoms with E-state index in [2.05, 4.69) is 20.4 Å². The Morgan fingerprint density at radius 3 is 2.64 bits per heavy atom. The Labute approximate surface area is 144 Å². The Kier molecular flexibility index (Phi) is 3.78. The van der Waals surface area contributed by atoms with Crippen LogP contribution in [0.1, 0.15) is 29.1 Å². The first-order valence-corrected chi connectivity index (χ1v) is 8.06. The number of H-pyrrole nitrogens is 1. The summed E-state index contributed by atoms with van der Waals surface area (Å²) < 4.78 is 1.75. The van der Waals surface area contributed by atoms with Gasteiger partial charge in [0.2, 0.25) is 0 Å². The topological polar surface area (TPSA) is 75.6 Å². The number of hydrogen-bond acceptors (Lipinski definition) is 3. The summed E-state index contributed by atoms with van der Waals surface area (Å²) in [5.41, 5.74) is 3.36. The molecule has 0 bridgehead atoms. The highest BCUT2D eigenvalue weighted by molar-refractivity contribution is 5.94. The van der Waals surface area contributed by atoms with Gasteiger partial charge in [-0.05, 0) is 49.4 Å². The summed E-state index contributed by atoms with van der Waals surface area (Å²) in [5.74, 6) is 0.600. The Morgan fingerprint density at radius 1 is 1.12 bits per heavy atom. The average molecular weight is 331 g/mol. The van der Waals surface area contributed by atoms with E-state index in [-0.39, 0.29) is 11.9 Å². The largest absolute Gasteiger partial charge is 0.342 e. The lowest BCUT2D eigenvalue weighted by atomic mass is 10.2. The fourth-order valence-corrected chi connectivity index (χ4v) is 2.71. The lowest BCUT2D eigenvalue weighted by Gasteiger charge is -2.12. The number of imidazole rings is 1. The molecule has 1 amide bonds. The second-order valence-electron chi connectivity index (χ2n) is 5.83. The number of nitrogens with one attached hydrogen (secondary N) is 2. The summed E-state index contributed by atoms with van der Waals surface area (Å²) in [6.45, 7) is 1.91. The van der Waals surface area contributed by atoms with Gasteiger partial charge in [0.1, 0.15) is 5.82 Å². The Hall–Kier alpha value is -3.41. The van der Waals surface area contributed by atoms with Crippen molar-refractivity contribution < 1.29 is 4.79 Å². The third-order valence-electron chi connectivity index (χ3n) is 4.06. The van der Waals surface area contributed by atoms with E-state index in [1.54, 1.807) is 23.0 Å². The van der Waals surface area contributed by atoms with E-state index < -0.39 is 0 Å². The molecule has 2 N–H and O–H groups in total. The maximum atomic E-state index is 12.5. The molecule has 0 saturated heterocycles. The van der Waals surface area contributed by atoms with Crippen molar-refractivity contribution >= 4 is 16.9 Å². The van der Waals surface area contributed by atoms with E-state index in [1.165, 1.54) is 0 Å². The quantitative estimate of drug-likeness (QED) is 0.603. The number of hydrogen-bond donors (Lipinski definition) is 2. The van der Waals surface area contributed by atoms with E-state index >= 15 is 0 Å². The van der Waals surface area contributed by atoms with Gasteiger partial charge in [-0.1, -0.05) is 12.1 Å². The number of carbonyl (C=O) groups is 1. The SMILES string of the molecule is CC(NC(=O)c1ccc(-n2cccn2)cc1)c1nc2ccccc2[nH]1. The molecule has 2 heterocycles. The molecule has 0 aliphatic heterocycles. The Bertz CT molecular complexity index is 969. The van der Waals surface area contributed by atoms with Gasteiger partial charge < -0.3 is 10.3 Å². The van der Waals surface area contributed by atoms with Gasteiger partial charge in [-0.25, -0.2) is 9.67 Å². The lowest BCUT2D eigenvalue weighted by Crippen LogP contribution is -2.27. The minimum Gasteiger partial charge on any atom is -0.342 e. The van der Waals surface area contributed by atoms with Crippen molar-refractivity contribution in [1.82, 2.24) is 25.1 Å². The summed E-state index contributed by atoms with van der Waals surface area (Å²) >= 11 is 0. The molecule has 1 atom stereocenters. The Morgan fingerprint density at radius 2 is 1.92 bits per heavy atom. The molecule has 0 aliphatic rings. The molecule has 4 rings (SSSR count). The predicted molar refractivity (Wildman–Crippen MR) is 95.5 cm³/mol. The van der Waals surface area contributed by atoms with Crippen molar-refractivity contribution in [3.05, 3.63) is 78.4 Å². The zero-order valence-electron chi connectivity index (χ0n) is 13.7. The number of para-hydroxylation sites is 2. The molecule has 0 fully saturated rings. The summed E-state index contributed by atoms with van der Waals surface area (Å²) in [7, 11) is 0. The van der Waals surface area contributed by atoms with E-state index in [0.29, 0.717) is 5.56 Å². The van der Waals surface area contributed by atoms with Gasteiger partial charge in [0.25, 0.3) is 5.91 Å². The zero-order valence-corrected chi connectivity index (χ0v) is 13.7. The number of aromatic nitrogens is 4. The minimum atomic E-state index is -0.217. The Balaban J connectivity index is 1.49. The van der Waals surface area contributed by atoms with Crippen LogP contribution in [0, 0.1) is 0 Å². The van der Waals surface area contributed by atoms with E-state index in [0.717, 1.165) is 22.5 Å². The summed E-state index contributed by atoms with van der Waals surface area (Å²) in [5, 5.41) is 7.15. The van der Waals surface area contributed by atoms with Gasteiger partial charge in [-0.15, -0.1) is 0 Å². The molecule has 2 aromatic heterocycles. The monoisotopic (exact) mass is 331 g/mol. The number of amides is 1. The summed E-state index contributed by atoms with van der Waals surface area (Å²) in [6, 6.07) is 16.8. The van der Waals surface area contributed by atoms with Gasteiger partial charge in [-0.3, -0.25) is 4.79 Å². The minimum absolute atomic E-state index is 0.139. The molecule has 25 heavy (non-hydrogen) atoms. The van der Waals surface area contributed by atoms with Crippen LogP contribution in [0.15, 0.2) is 67.0 Å². The number of aromatic amines is 1. The van der Waals surface area contributed by atoms with Gasteiger partial charge in [0.05, 0.1) is 22.8 Å². The number of carbonyl (C=O) groups excluding carboxylic acids is 1.